The second-order valence-corrected chi connectivity index (χ2v) is 15.1. The van der Waals surface area contributed by atoms with E-state index in [2.05, 4.69) is 127 Å². The van der Waals surface area contributed by atoms with Gasteiger partial charge in [-0.2, -0.15) is 0 Å². The van der Waals surface area contributed by atoms with Crippen molar-refractivity contribution in [2.45, 2.75) is 0 Å². The second-order valence-electron chi connectivity index (χ2n) is 14.1. The SMILES string of the molecule is c1ccc(-c2nc(-c3ccc4sc5ccccc5c4c3)nc(-c3ccc4ccc5ccc(-c6ccc7ccc8cccc9ccc6c7c89)nc5c4n3)n2)cc1. The number of benzene rings is 8. The summed E-state index contributed by atoms with van der Waals surface area (Å²) >= 11 is 1.80. The number of rotatable bonds is 4. The summed E-state index contributed by atoms with van der Waals surface area (Å²) in [5.41, 5.74) is 6.18. The van der Waals surface area contributed by atoms with Gasteiger partial charge in [-0.1, -0.05) is 127 Å². The molecule has 0 radical (unpaired) electrons. The molecule has 0 saturated heterocycles. The van der Waals surface area contributed by atoms with Gasteiger partial charge in [-0.3, -0.25) is 0 Å². The molecule has 0 N–H and O–H groups in total. The zero-order valence-corrected chi connectivity index (χ0v) is 30.0. The van der Waals surface area contributed by atoms with Crippen LogP contribution in [0.4, 0.5) is 0 Å². The maximum absolute atomic E-state index is 5.35. The van der Waals surface area contributed by atoms with Gasteiger partial charge in [0.1, 0.15) is 5.69 Å². The molecule has 0 aliphatic heterocycles. The number of aromatic nitrogens is 5. The van der Waals surface area contributed by atoms with Crippen LogP contribution in [0.1, 0.15) is 0 Å². The molecule has 0 bridgehead atoms. The molecule has 0 aliphatic rings. The summed E-state index contributed by atoms with van der Waals surface area (Å²) in [4.78, 5) is 25.8. The summed E-state index contributed by atoms with van der Waals surface area (Å²) in [6, 6.07) is 57.6. The predicted molar refractivity (Wildman–Crippen MR) is 229 cm³/mol. The van der Waals surface area contributed by atoms with Gasteiger partial charge in [0.2, 0.25) is 0 Å². The molecule has 5 nitrogen and oxygen atoms in total. The first-order valence-corrected chi connectivity index (χ1v) is 19.1. The number of thiophene rings is 1. The molecule has 0 unspecified atom stereocenters. The van der Waals surface area contributed by atoms with E-state index in [-0.39, 0.29) is 0 Å². The second kappa shape index (κ2) is 11.7. The fourth-order valence-electron chi connectivity index (χ4n) is 8.20. The minimum atomic E-state index is 0.515. The van der Waals surface area contributed by atoms with Gasteiger partial charge in [-0.05, 0) is 68.7 Å². The average molecular weight is 718 g/mol. The first kappa shape index (κ1) is 30.3. The monoisotopic (exact) mass is 717 g/mol. The largest absolute Gasteiger partial charge is 0.245 e. The van der Waals surface area contributed by atoms with Crippen molar-refractivity contribution in [2.75, 3.05) is 0 Å². The van der Waals surface area contributed by atoms with Crippen molar-refractivity contribution >= 4 is 85.6 Å². The summed E-state index contributed by atoms with van der Waals surface area (Å²) in [6.07, 6.45) is 0. The van der Waals surface area contributed by atoms with E-state index < -0.39 is 0 Å². The maximum Gasteiger partial charge on any atom is 0.182 e. The van der Waals surface area contributed by atoms with Crippen LogP contribution >= 0.6 is 11.3 Å². The Morgan fingerprint density at radius 2 is 0.927 bits per heavy atom. The summed E-state index contributed by atoms with van der Waals surface area (Å²) in [7, 11) is 0. The molecule has 254 valence electrons. The Hall–Kier alpha value is -7.15. The van der Waals surface area contributed by atoms with Gasteiger partial charge in [0.15, 0.2) is 17.5 Å². The molecule has 4 heterocycles. The minimum Gasteiger partial charge on any atom is -0.245 e. The molecule has 0 saturated carbocycles. The van der Waals surface area contributed by atoms with Crippen LogP contribution in [0, 0.1) is 0 Å². The van der Waals surface area contributed by atoms with Crippen LogP contribution < -0.4 is 0 Å². The molecule has 4 aromatic heterocycles. The summed E-state index contributed by atoms with van der Waals surface area (Å²) in [5, 5.41) is 12.0. The van der Waals surface area contributed by atoms with Crippen molar-refractivity contribution in [3.63, 3.8) is 0 Å². The lowest BCUT2D eigenvalue weighted by Gasteiger charge is -2.14. The number of hydrogen-bond donors (Lipinski definition) is 0. The van der Waals surface area contributed by atoms with Gasteiger partial charge in [0.05, 0.1) is 16.7 Å². The Labute approximate surface area is 318 Å². The van der Waals surface area contributed by atoms with E-state index in [4.69, 9.17) is 24.9 Å². The molecular weight excluding hydrogens is 691 g/mol. The van der Waals surface area contributed by atoms with Crippen LogP contribution in [0.15, 0.2) is 164 Å². The van der Waals surface area contributed by atoms with E-state index in [0.717, 1.165) is 44.2 Å². The van der Waals surface area contributed by atoms with Crippen LogP contribution in [0.3, 0.4) is 0 Å². The van der Waals surface area contributed by atoms with E-state index in [0.29, 0.717) is 23.2 Å². The third kappa shape index (κ3) is 4.75. The highest BCUT2D eigenvalue weighted by molar-refractivity contribution is 7.25. The van der Waals surface area contributed by atoms with E-state index in [9.17, 15) is 0 Å². The Kier molecular flexibility index (Phi) is 6.44. The van der Waals surface area contributed by atoms with E-state index >= 15 is 0 Å². The fourth-order valence-corrected chi connectivity index (χ4v) is 9.29. The van der Waals surface area contributed by atoms with Crippen LogP contribution in [-0.4, -0.2) is 24.9 Å². The molecule has 6 heteroatoms. The zero-order chi connectivity index (χ0) is 36.0. The molecule has 0 amide bonds. The topological polar surface area (TPSA) is 64.5 Å². The van der Waals surface area contributed by atoms with E-state index in [1.165, 1.54) is 52.5 Å². The van der Waals surface area contributed by atoms with Gasteiger partial charge in [0, 0.05) is 47.6 Å². The normalized spacial score (nSPS) is 12.0. The third-order valence-electron chi connectivity index (χ3n) is 10.9. The molecule has 55 heavy (non-hydrogen) atoms. The first-order chi connectivity index (χ1) is 27.2. The van der Waals surface area contributed by atoms with E-state index in [1.807, 2.05) is 36.4 Å². The van der Waals surface area contributed by atoms with Crippen molar-refractivity contribution < 1.29 is 0 Å². The number of fused-ring (bicyclic) bond motifs is 6. The molecule has 12 rings (SSSR count). The minimum absolute atomic E-state index is 0.515. The number of pyridine rings is 2. The maximum atomic E-state index is 5.35. The molecule has 0 aliphatic carbocycles. The van der Waals surface area contributed by atoms with Crippen molar-refractivity contribution in [1.29, 1.82) is 0 Å². The molecule has 0 fully saturated rings. The van der Waals surface area contributed by atoms with Gasteiger partial charge in [-0.15, -0.1) is 11.3 Å². The Morgan fingerprint density at radius 1 is 0.327 bits per heavy atom. The quantitative estimate of drug-likeness (QED) is 0.170. The standard InChI is InChI=1S/C49H27N5S/c1-2-7-33(8-3-1)47-52-48(34-21-26-42-38(27-34)36-11-4-5-12-41(36)55-42)54-49(53-47)40-25-20-32-16-15-31-19-24-39(50-45(31)46(32)51-40)35-22-17-30-14-13-28-9-6-10-29-18-23-37(35)44(30)43(28)29/h1-27H. The van der Waals surface area contributed by atoms with Crippen LogP contribution in [-0.2, 0) is 0 Å². The number of hydrogen-bond acceptors (Lipinski definition) is 6. The predicted octanol–water partition coefficient (Wildman–Crippen LogP) is 12.9. The highest BCUT2D eigenvalue weighted by atomic mass is 32.1. The summed E-state index contributed by atoms with van der Waals surface area (Å²) < 4.78 is 2.50. The summed E-state index contributed by atoms with van der Waals surface area (Å²) in [6.45, 7) is 0. The average Bonchev–Trinajstić information content (AvgIpc) is 3.63. The zero-order valence-electron chi connectivity index (χ0n) is 29.2. The third-order valence-corrected chi connectivity index (χ3v) is 12.0. The summed E-state index contributed by atoms with van der Waals surface area (Å²) in [5.74, 6) is 1.72. The number of nitrogens with zero attached hydrogens (tertiary/aromatic N) is 5. The lowest BCUT2D eigenvalue weighted by atomic mass is 9.91. The lowest BCUT2D eigenvalue weighted by molar-refractivity contribution is 1.06. The van der Waals surface area contributed by atoms with Crippen molar-refractivity contribution in [2.24, 2.45) is 0 Å². The van der Waals surface area contributed by atoms with Crippen LogP contribution in [0.2, 0.25) is 0 Å². The molecule has 8 aromatic carbocycles. The van der Waals surface area contributed by atoms with Crippen LogP contribution in [0.5, 0.6) is 0 Å². The molecule has 0 spiro atoms. The van der Waals surface area contributed by atoms with Crippen LogP contribution in [0.25, 0.3) is 120 Å². The van der Waals surface area contributed by atoms with E-state index in [1.54, 1.807) is 11.3 Å². The highest BCUT2D eigenvalue weighted by Gasteiger charge is 2.17. The molecule has 0 atom stereocenters. The van der Waals surface area contributed by atoms with Crippen molar-refractivity contribution in [3.05, 3.63) is 164 Å². The smallest absolute Gasteiger partial charge is 0.182 e. The molecule has 12 aromatic rings. The Morgan fingerprint density at radius 3 is 1.75 bits per heavy atom. The van der Waals surface area contributed by atoms with Gasteiger partial charge in [-0.25, -0.2) is 24.9 Å². The van der Waals surface area contributed by atoms with Gasteiger partial charge in [0.25, 0.3) is 0 Å². The first-order valence-electron chi connectivity index (χ1n) is 18.3. The van der Waals surface area contributed by atoms with Gasteiger partial charge < -0.3 is 0 Å². The Balaban J connectivity index is 1.04. The molecular formula is C49H27N5S. The van der Waals surface area contributed by atoms with Crippen molar-refractivity contribution in [3.8, 4) is 45.6 Å². The fraction of sp³-hybridized carbons (Fsp3) is 0. The lowest BCUT2D eigenvalue weighted by Crippen LogP contribution is -2.01. The van der Waals surface area contributed by atoms with Gasteiger partial charge >= 0.3 is 0 Å². The van der Waals surface area contributed by atoms with Crippen molar-refractivity contribution in [1.82, 2.24) is 24.9 Å². The highest BCUT2D eigenvalue weighted by Crippen LogP contribution is 2.40. The Bertz CT molecular complexity index is 3480.